The Morgan fingerprint density at radius 3 is 2.79 bits per heavy atom. The van der Waals surface area contributed by atoms with Gasteiger partial charge in [0.05, 0.1) is 0 Å². The van der Waals surface area contributed by atoms with E-state index in [2.05, 4.69) is 10.3 Å². The van der Waals surface area contributed by atoms with Gasteiger partial charge in [0.2, 0.25) is 5.91 Å². The fourth-order valence-electron chi connectivity index (χ4n) is 2.76. The number of aromatic nitrogens is 1. The van der Waals surface area contributed by atoms with Crippen LogP contribution in [-0.4, -0.2) is 29.1 Å². The van der Waals surface area contributed by atoms with Gasteiger partial charge in [-0.3, -0.25) is 9.78 Å². The molecule has 1 aromatic rings. The number of hydrogen-bond donors (Lipinski definition) is 2. The molecule has 2 N–H and O–H groups in total. The van der Waals surface area contributed by atoms with Crippen LogP contribution in [0.15, 0.2) is 24.5 Å². The van der Waals surface area contributed by atoms with Crippen LogP contribution in [0.5, 0.6) is 0 Å². The zero-order chi connectivity index (χ0) is 13.5. The average Bonchev–Trinajstić information content (AvgIpc) is 2.91. The van der Waals surface area contributed by atoms with E-state index in [0.29, 0.717) is 24.8 Å². The number of aliphatic hydroxyl groups excluding tert-OH is 1. The van der Waals surface area contributed by atoms with Crippen LogP contribution in [0.1, 0.15) is 31.2 Å². The number of aliphatic hydroxyl groups is 1. The van der Waals surface area contributed by atoms with Crippen LogP contribution in [-0.2, 0) is 11.2 Å². The Morgan fingerprint density at radius 1 is 1.32 bits per heavy atom. The summed E-state index contributed by atoms with van der Waals surface area (Å²) in [6.45, 7) is 0.956. The van der Waals surface area contributed by atoms with Gasteiger partial charge in [0.15, 0.2) is 0 Å². The fourth-order valence-corrected chi connectivity index (χ4v) is 2.76. The standard InChI is InChI=1S/C15H22N2O2/c18-11-14-3-1-2-13(14)10-17-15(19)5-4-12-6-8-16-9-7-12/h6-9,13-14,18H,1-5,10-11H2,(H,17,19). The van der Waals surface area contributed by atoms with Crippen molar-refractivity contribution in [3.8, 4) is 0 Å². The van der Waals surface area contributed by atoms with Crippen LogP contribution >= 0.6 is 0 Å². The Hall–Kier alpha value is -1.42. The predicted octanol–water partition coefficient (Wildman–Crippen LogP) is 1.54. The Kier molecular flexibility index (Phi) is 5.33. The number of amides is 1. The highest BCUT2D eigenvalue weighted by atomic mass is 16.3. The second kappa shape index (κ2) is 7.24. The molecule has 2 unspecified atom stereocenters. The first kappa shape index (κ1) is 14.0. The lowest BCUT2D eigenvalue weighted by Crippen LogP contribution is -2.31. The molecule has 0 aromatic carbocycles. The van der Waals surface area contributed by atoms with Crippen LogP contribution in [0.25, 0.3) is 0 Å². The summed E-state index contributed by atoms with van der Waals surface area (Å²) in [5.74, 6) is 0.927. The number of nitrogens with one attached hydrogen (secondary N) is 1. The molecule has 0 radical (unpaired) electrons. The molecule has 104 valence electrons. The predicted molar refractivity (Wildman–Crippen MR) is 73.5 cm³/mol. The maximum atomic E-state index is 11.8. The summed E-state index contributed by atoms with van der Waals surface area (Å²) >= 11 is 0. The zero-order valence-corrected chi connectivity index (χ0v) is 11.2. The van der Waals surface area contributed by atoms with Crippen LogP contribution in [0, 0.1) is 11.8 Å². The van der Waals surface area contributed by atoms with E-state index in [1.54, 1.807) is 12.4 Å². The second-order valence-corrected chi connectivity index (χ2v) is 5.29. The monoisotopic (exact) mass is 262 g/mol. The summed E-state index contributed by atoms with van der Waals surface area (Å²) < 4.78 is 0. The molecular weight excluding hydrogens is 240 g/mol. The number of hydrogen-bond acceptors (Lipinski definition) is 3. The number of carbonyl (C=O) groups is 1. The van der Waals surface area contributed by atoms with Gasteiger partial charge in [-0.1, -0.05) is 6.42 Å². The molecule has 1 saturated carbocycles. The van der Waals surface area contributed by atoms with Crippen molar-refractivity contribution >= 4 is 5.91 Å². The molecule has 19 heavy (non-hydrogen) atoms. The fraction of sp³-hybridized carbons (Fsp3) is 0.600. The lowest BCUT2D eigenvalue weighted by molar-refractivity contribution is -0.121. The van der Waals surface area contributed by atoms with Crippen molar-refractivity contribution in [2.24, 2.45) is 11.8 Å². The number of aryl methyl sites for hydroxylation is 1. The van der Waals surface area contributed by atoms with Gasteiger partial charge in [0.25, 0.3) is 0 Å². The number of carbonyl (C=O) groups excluding carboxylic acids is 1. The smallest absolute Gasteiger partial charge is 0.220 e. The van der Waals surface area contributed by atoms with Crippen LogP contribution < -0.4 is 5.32 Å². The van der Waals surface area contributed by atoms with Crippen molar-refractivity contribution in [1.82, 2.24) is 10.3 Å². The zero-order valence-electron chi connectivity index (χ0n) is 11.2. The third kappa shape index (κ3) is 4.31. The van der Waals surface area contributed by atoms with Crippen molar-refractivity contribution in [2.45, 2.75) is 32.1 Å². The van der Waals surface area contributed by atoms with E-state index in [9.17, 15) is 9.90 Å². The van der Waals surface area contributed by atoms with E-state index in [-0.39, 0.29) is 12.5 Å². The van der Waals surface area contributed by atoms with Crippen molar-refractivity contribution in [2.75, 3.05) is 13.2 Å². The lowest BCUT2D eigenvalue weighted by Gasteiger charge is -2.17. The van der Waals surface area contributed by atoms with E-state index < -0.39 is 0 Å². The summed E-state index contributed by atoms with van der Waals surface area (Å²) in [7, 11) is 0. The quantitative estimate of drug-likeness (QED) is 0.817. The van der Waals surface area contributed by atoms with Gasteiger partial charge in [-0.25, -0.2) is 0 Å². The molecule has 4 nitrogen and oxygen atoms in total. The van der Waals surface area contributed by atoms with E-state index in [4.69, 9.17) is 0 Å². The number of nitrogens with zero attached hydrogens (tertiary/aromatic N) is 1. The minimum absolute atomic E-state index is 0.0976. The van der Waals surface area contributed by atoms with E-state index in [0.717, 1.165) is 24.8 Å². The molecule has 0 spiro atoms. The molecular formula is C15H22N2O2. The van der Waals surface area contributed by atoms with Crippen molar-refractivity contribution in [3.05, 3.63) is 30.1 Å². The number of rotatable bonds is 6. The molecule has 2 rings (SSSR count). The summed E-state index contributed by atoms with van der Waals surface area (Å²) in [6, 6.07) is 3.87. The SMILES string of the molecule is O=C(CCc1ccncc1)NCC1CCCC1CO. The molecule has 1 aliphatic rings. The molecule has 0 saturated heterocycles. The largest absolute Gasteiger partial charge is 0.396 e. The Morgan fingerprint density at radius 2 is 2.05 bits per heavy atom. The number of pyridine rings is 1. The van der Waals surface area contributed by atoms with Gasteiger partial charge in [-0.05, 0) is 48.8 Å². The summed E-state index contributed by atoms with van der Waals surface area (Å²) in [6.07, 6.45) is 8.14. The molecule has 0 bridgehead atoms. The highest BCUT2D eigenvalue weighted by Gasteiger charge is 2.26. The Labute approximate surface area is 114 Å². The van der Waals surface area contributed by atoms with Gasteiger partial charge in [0.1, 0.15) is 0 Å². The Bertz CT molecular complexity index is 394. The van der Waals surface area contributed by atoms with E-state index in [1.165, 1.54) is 6.42 Å². The topological polar surface area (TPSA) is 62.2 Å². The van der Waals surface area contributed by atoms with Gasteiger partial charge in [0, 0.05) is 32.0 Å². The molecule has 1 amide bonds. The van der Waals surface area contributed by atoms with E-state index >= 15 is 0 Å². The molecule has 1 aliphatic carbocycles. The maximum Gasteiger partial charge on any atom is 0.220 e. The summed E-state index contributed by atoms with van der Waals surface area (Å²) in [4.78, 5) is 15.7. The minimum Gasteiger partial charge on any atom is -0.396 e. The van der Waals surface area contributed by atoms with Crippen molar-refractivity contribution in [3.63, 3.8) is 0 Å². The molecule has 1 heterocycles. The summed E-state index contributed by atoms with van der Waals surface area (Å²) in [5, 5.41) is 12.2. The van der Waals surface area contributed by atoms with Crippen LogP contribution in [0.3, 0.4) is 0 Å². The first-order valence-electron chi connectivity index (χ1n) is 7.06. The van der Waals surface area contributed by atoms with E-state index in [1.807, 2.05) is 12.1 Å². The van der Waals surface area contributed by atoms with Gasteiger partial charge < -0.3 is 10.4 Å². The normalized spacial score (nSPS) is 22.4. The highest BCUT2D eigenvalue weighted by Crippen LogP contribution is 2.30. The first-order valence-corrected chi connectivity index (χ1v) is 7.06. The molecule has 4 heteroatoms. The third-order valence-electron chi connectivity index (χ3n) is 4.00. The van der Waals surface area contributed by atoms with Crippen molar-refractivity contribution < 1.29 is 9.90 Å². The maximum absolute atomic E-state index is 11.8. The van der Waals surface area contributed by atoms with Gasteiger partial charge in [-0.2, -0.15) is 0 Å². The lowest BCUT2D eigenvalue weighted by atomic mass is 9.97. The third-order valence-corrected chi connectivity index (χ3v) is 4.00. The molecule has 0 aliphatic heterocycles. The second-order valence-electron chi connectivity index (χ2n) is 5.29. The highest BCUT2D eigenvalue weighted by molar-refractivity contribution is 5.76. The average molecular weight is 262 g/mol. The van der Waals surface area contributed by atoms with Gasteiger partial charge >= 0.3 is 0 Å². The minimum atomic E-state index is 0.0976. The van der Waals surface area contributed by atoms with Crippen molar-refractivity contribution in [1.29, 1.82) is 0 Å². The summed E-state index contributed by atoms with van der Waals surface area (Å²) in [5.41, 5.74) is 1.14. The molecule has 1 aromatic heterocycles. The molecule has 1 fully saturated rings. The Balaban J connectivity index is 1.67. The molecule has 2 atom stereocenters. The van der Waals surface area contributed by atoms with Crippen LogP contribution in [0.4, 0.5) is 0 Å². The first-order chi connectivity index (χ1) is 9.29. The van der Waals surface area contributed by atoms with Crippen LogP contribution in [0.2, 0.25) is 0 Å². The van der Waals surface area contributed by atoms with Gasteiger partial charge in [-0.15, -0.1) is 0 Å².